The zero-order valence-corrected chi connectivity index (χ0v) is 11.9. The zero-order chi connectivity index (χ0) is 15.9. The Labute approximate surface area is 127 Å². The Bertz CT molecular complexity index is 666. The van der Waals surface area contributed by atoms with E-state index in [0.717, 1.165) is 0 Å². The maximum Gasteiger partial charge on any atom is 0.262 e. The van der Waals surface area contributed by atoms with Gasteiger partial charge in [-0.15, -0.1) is 0 Å². The van der Waals surface area contributed by atoms with E-state index >= 15 is 0 Å². The molecule has 0 saturated carbocycles. The van der Waals surface area contributed by atoms with E-state index in [1.54, 1.807) is 43.5 Å². The molecule has 0 aromatic heterocycles. The van der Waals surface area contributed by atoms with Crippen LogP contribution < -0.4 is 19.9 Å². The van der Waals surface area contributed by atoms with E-state index in [9.17, 15) is 14.7 Å². The van der Waals surface area contributed by atoms with Gasteiger partial charge in [0, 0.05) is 11.3 Å². The van der Waals surface area contributed by atoms with Crippen molar-refractivity contribution < 1.29 is 24.2 Å². The Morgan fingerprint density at radius 3 is 2.41 bits per heavy atom. The lowest BCUT2D eigenvalue weighted by Crippen LogP contribution is -2.25. The van der Waals surface area contributed by atoms with Crippen LogP contribution in [0.1, 0.15) is 10.4 Å². The molecule has 1 amide bonds. The monoisotopic (exact) mass is 300 g/mol. The Kier molecular flexibility index (Phi) is 4.98. The standard InChI is InChI=1S/C16H15NO5/c1-21-12-8-6-11(7-9-12)17-15(18)10-22-14-5-3-2-4-13(14)16(19)20/h2-9H,10H2,1H3,(H,17,18)(H,19,20)/p-1. The molecule has 1 N–H and O–H groups in total. The van der Waals surface area contributed by atoms with Crippen LogP contribution in [-0.2, 0) is 4.79 Å². The second-order valence-electron chi connectivity index (χ2n) is 4.35. The van der Waals surface area contributed by atoms with Crippen LogP contribution >= 0.6 is 0 Å². The molecule has 2 aromatic rings. The van der Waals surface area contributed by atoms with Crippen molar-refractivity contribution in [3.05, 3.63) is 54.1 Å². The van der Waals surface area contributed by atoms with Crippen molar-refractivity contribution in [3.63, 3.8) is 0 Å². The fourth-order valence-corrected chi connectivity index (χ4v) is 1.78. The number of carboxylic acids is 1. The highest BCUT2D eigenvalue weighted by atomic mass is 16.5. The maximum atomic E-state index is 11.8. The number of hydrogen-bond donors (Lipinski definition) is 1. The van der Waals surface area contributed by atoms with Crippen LogP contribution in [0, 0.1) is 0 Å². The van der Waals surface area contributed by atoms with Crippen molar-refractivity contribution in [1.82, 2.24) is 0 Å². The van der Waals surface area contributed by atoms with Crippen molar-refractivity contribution in [2.75, 3.05) is 19.0 Å². The van der Waals surface area contributed by atoms with Crippen LogP contribution in [0.3, 0.4) is 0 Å². The highest BCUT2D eigenvalue weighted by Gasteiger charge is 2.07. The third-order valence-electron chi connectivity index (χ3n) is 2.84. The number of methoxy groups -OCH3 is 1. The summed E-state index contributed by atoms with van der Waals surface area (Å²) in [6, 6.07) is 12.8. The average molecular weight is 300 g/mol. The van der Waals surface area contributed by atoms with Gasteiger partial charge in [-0.05, 0) is 36.4 Å². The predicted molar refractivity (Wildman–Crippen MR) is 77.9 cm³/mol. The number of anilines is 1. The van der Waals surface area contributed by atoms with Crippen molar-refractivity contribution in [2.45, 2.75) is 0 Å². The highest BCUT2D eigenvalue weighted by Crippen LogP contribution is 2.17. The summed E-state index contributed by atoms with van der Waals surface area (Å²) in [5.41, 5.74) is 0.488. The van der Waals surface area contributed by atoms with Crippen LogP contribution in [0.2, 0.25) is 0 Å². The van der Waals surface area contributed by atoms with E-state index < -0.39 is 11.9 Å². The number of amides is 1. The summed E-state index contributed by atoms with van der Waals surface area (Å²) in [4.78, 5) is 22.7. The van der Waals surface area contributed by atoms with Crippen LogP contribution in [0.4, 0.5) is 5.69 Å². The largest absolute Gasteiger partial charge is 0.545 e. The Hall–Kier alpha value is -3.02. The van der Waals surface area contributed by atoms with Gasteiger partial charge < -0.3 is 24.7 Å². The highest BCUT2D eigenvalue weighted by molar-refractivity contribution is 5.92. The molecule has 2 aromatic carbocycles. The number of benzene rings is 2. The van der Waals surface area contributed by atoms with Crippen LogP contribution in [0.25, 0.3) is 0 Å². The molecule has 0 spiro atoms. The normalized spacial score (nSPS) is 9.86. The van der Waals surface area contributed by atoms with Crippen LogP contribution in [0.15, 0.2) is 48.5 Å². The lowest BCUT2D eigenvalue weighted by atomic mass is 10.2. The molecule has 0 heterocycles. The minimum Gasteiger partial charge on any atom is -0.545 e. The van der Waals surface area contributed by atoms with E-state index in [1.807, 2.05) is 0 Å². The molecule has 0 aliphatic heterocycles. The predicted octanol–water partition coefficient (Wildman–Crippen LogP) is 1.08. The zero-order valence-electron chi connectivity index (χ0n) is 11.9. The summed E-state index contributed by atoms with van der Waals surface area (Å²) >= 11 is 0. The fraction of sp³-hybridized carbons (Fsp3) is 0.125. The molecule has 0 aliphatic rings. The number of carbonyl (C=O) groups excluding carboxylic acids is 2. The number of aromatic carboxylic acids is 1. The van der Waals surface area contributed by atoms with Crippen LogP contribution in [-0.4, -0.2) is 25.6 Å². The third-order valence-corrected chi connectivity index (χ3v) is 2.84. The molecule has 0 radical (unpaired) electrons. The Morgan fingerprint density at radius 2 is 1.77 bits per heavy atom. The number of hydrogen-bond acceptors (Lipinski definition) is 5. The molecule has 6 nitrogen and oxygen atoms in total. The van der Waals surface area contributed by atoms with Gasteiger partial charge in [-0.1, -0.05) is 12.1 Å². The van der Waals surface area contributed by atoms with Gasteiger partial charge in [-0.3, -0.25) is 4.79 Å². The Morgan fingerprint density at radius 1 is 1.09 bits per heavy atom. The van der Waals surface area contributed by atoms with E-state index in [1.165, 1.54) is 12.1 Å². The number of para-hydroxylation sites is 1. The van der Waals surface area contributed by atoms with E-state index in [2.05, 4.69) is 5.32 Å². The SMILES string of the molecule is COc1ccc(NC(=O)COc2ccccc2C(=O)[O-])cc1. The van der Waals surface area contributed by atoms with Gasteiger partial charge in [0.25, 0.3) is 5.91 Å². The minimum atomic E-state index is -1.36. The molecule has 114 valence electrons. The van der Waals surface area contributed by atoms with Crippen molar-refractivity contribution in [1.29, 1.82) is 0 Å². The molecule has 0 aliphatic carbocycles. The third kappa shape index (κ3) is 3.99. The lowest BCUT2D eigenvalue weighted by Gasteiger charge is -2.12. The lowest BCUT2D eigenvalue weighted by molar-refractivity contribution is -0.255. The van der Waals surface area contributed by atoms with Crippen molar-refractivity contribution >= 4 is 17.6 Å². The quantitative estimate of drug-likeness (QED) is 0.862. The number of ether oxygens (including phenoxy) is 2. The van der Waals surface area contributed by atoms with Gasteiger partial charge in [-0.2, -0.15) is 0 Å². The number of rotatable bonds is 6. The molecule has 22 heavy (non-hydrogen) atoms. The maximum absolute atomic E-state index is 11.8. The van der Waals surface area contributed by atoms with E-state index in [-0.39, 0.29) is 17.9 Å². The number of carboxylic acid groups (broad SMARTS) is 1. The first-order chi connectivity index (χ1) is 10.6. The molecule has 0 atom stereocenters. The first-order valence-electron chi connectivity index (χ1n) is 6.47. The molecule has 0 fully saturated rings. The Balaban J connectivity index is 1.94. The van der Waals surface area contributed by atoms with E-state index in [4.69, 9.17) is 9.47 Å². The minimum absolute atomic E-state index is 0.0902. The van der Waals surface area contributed by atoms with Gasteiger partial charge >= 0.3 is 0 Å². The molecule has 0 bridgehead atoms. The summed E-state index contributed by atoms with van der Waals surface area (Å²) in [6.45, 7) is -0.309. The summed E-state index contributed by atoms with van der Waals surface area (Å²) in [5, 5.41) is 13.5. The fourth-order valence-electron chi connectivity index (χ4n) is 1.78. The summed E-state index contributed by atoms with van der Waals surface area (Å²) in [6.07, 6.45) is 0. The van der Waals surface area contributed by atoms with Gasteiger partial charge in [0.15, 0.2) is 6.61 Å². The van der Waals surface area contributed by atoms with Gasteiger partial charge in [0.05, 0.1) is 13.1 Å². The molecule has 2 rings (SSSR count). The number of nitrogens with one attached hydrogen (secondary N) is 1. The van der Waals surface area contributed by atoms with Gasteiger partial charge in [0.2, 0.25) is 0 Å². The smallest absolute Gasteiger partial charge is 0.262 e. The van der Waals surface area contributed by atoms with Crippen molar-refractivity contribution in [2.24, 2.45) is 0 Å². The van der Waals surface area contributed by atoms with Crippen molar-refractivity contribution in [3.8, 4) is 11.5 Å². The van der Waals surface area contributed by atoms with Gasteiger partial charge in [0.1, 0.15) is 11.5 Å². The van der Waals surface area contributed by atoms with Gasteiger partial charge in [-0.25, -0.2) is 0 Å². The molecule has 0 unspecified atom stereocenters. The molecule has 6 heteroatoms. The first-order valence-corrected chi connectivity index (χ1v) is 6.47. The van der Waals surface area contributed by atoms with Crippen LogP contribution in [0.5, 0.6) is 11.5 Å². The summed E-state index contributed by atoms with van der Waals surface area (Å²) in [7, 11) is 1.55. The molecule has 0 saturated heterocycles. The second kappa shape index (κ2) is 7.12. The summed E-state index contributed by atoms with van der Waals surface area (Å²) in [5.74, 6) is -0.992. The molecular weight excluding hydrogens is 286 g/mol. The second-order valence-corrected chi connectivity index (χ2v) is 4.35. The number of carbonyl (C=O) groups is 2. The van der Waals surface area contributed by atoms with E-state index in [0.29, 0.717) is 11.4 Å². The first kappa shape index (κ1) is 15.4. The summed E-state index contributed by atoms with van der Waals surface area (Å²) < 4.78 is 10.2. The molecular formula is C16H14NO5-. The average Bonchev–Trinajstić information content (AvgIpc) is 2.54. The topological polar surface area (TPSA) is 87.7 Å².